The SMILES string of the molecule is CCCCCCCC/C=C\CCCCCCCCCCCC(=O)NC(COP(=O)([O-])OCC[N+](C)(C)C)C(O)CCCCCCC. The minimum absolute atomic E-state index is 0.0122. The maximum Gasteiger partial charge on any atom is 0.268 e. The van der Waals surface area contributed by atoms with Crippen LogP contribution < -0.4 is 10.2 Å². The largest absolute Gasteiger partial charge is 0.756 e. The average Bonchev–Trinajstić information content (AvgIpc) is 2.99. The summed E-state index contributed by atoms with van der Waals surface area (Å²) in [6.07, 6.45) is 31.1. The Morgan fingerprint density at radius 1 is 0.739 bits per heavy atom. The number of nitrogens with one attached hydrogen (secondary N) is 1. The zero-order valence-electron chi connectivity index (χ0n) is 30.8. The van der Waals surface area contributed by atoms with Gasteiger partial charge in [0.15, 0.2) is 0 Å². The van der Waals surface area contributed by atoms with Gasteiger partial charge in [-0.2, -0.15) is 0 Å². The van der Waals surface area contributed by atoms with Crippen LogP contribution in [0.5, 0.6) is 0 Å². The topological polar surface area (TPSA) is 108 Å². The molecule has 0 saturated carbocycles. The Morgan fingerprint density at radius 3 is 1.70 bits per heavy atom. The molecular formula is C37H75N2O6P. The minimum atomic E-state index is -4.54. The number of carbonyl (C=O) groups is 1. The molecule has 0 fully saturated rings. The van der Waals surface area contributed by atoms with Gasteiger partial charge in [-0.15, -0.1) is 0 Å². The van der Waals surface area contributed by atoms with Crippen molar-refractivity contribution in [2.75, 3.05) is 40.9 Å². The molecule has 0 aliphatic rings. The second-order valence-corrected chi connectivity index (χ2v) is 15.7. The maximum absolute atomic E-state index is 12.7. The van der Waals surface area contributed by atoms with Crippen molar-refractivity contribution in [2.24, 2.45) is 0 Å². The summed E-state index contributed by atoms with van der Waals surface area (Å²) in [6, 6.07) is -0.793. The highest BCUT2D eigenvalue weighted by atomic mass is 31.2. The van der Waals surface area contributed by atoms with Gasteiger partial charge in [0.05, 0.1) is 39.9 Å². The smallest absolute Gasteiger partial charge is 0.268 e. The quantitative estimate of drug-likeness (QED) is 0.0305. The first-order valence-corrected chi connectivity index (χ1v) is 20.5. The molecule has 2 N–H and O–H groups in total. The van der Waals surface area contributed by atoms with Crippen LogP contribution in [0.3, 0.4) is 0 Å². The number of aliphatic hydroxyl groups excluding tert-OH is 1. The number of hydrogen-bond acceptors (Lipinski definition) is 6. The molecule has 0 aromatic carbocycles. The molecule has 0 spiro atoms. The summed E-state index contributed by atoms with van der Waals surface area (Å²) in [6.45, 7) is 4.61. The summed E-state index contributed by atoms with van der Waals surface area (Å²) in [5, 5.41) is 13.6. The van der Waals surface area contributed by atoms with E-state index in [0.717, 1.165) is 51.4 Å². The molecule has 0 saturated heterocycles. The molecule has 0 aromatic rings. The third-order valence-corrected chi connectivity index (χ3v) is 9.47. The van der Waals surface area contributed by atoms with Gasteiger partial charge in [-0.05, 0) is 38.5 Å². The average molecular weight is 675 g/mol. The second kappa shape index (κ2) is 30.3. The fourth-order valence-corrected chi connectivity index (χ4v) is 6.11. The van der Waals surface area contributed by atoms with Crippen molar-refractivity contribution in [3.8, 4) is 0 Å². The summed E-state index contributed by atoms with van der Waals surface area (Å²) < 4.78 is 23.0. The van der Waals surface area contributed by atoms with Gasteiger partial charge in [-0.1, -0.05) is 135 Å². The molecule has 0 aromatic heterocycles. The van der Waals surface area contributed by atoms with E-state index >= 15 is 0 Å². The maximum atomic E-state index is 12.7. The van der Waals surface area contributed by atoms with Crippen molar-refractivity contribution in [2.45, 2.75) is 180 Å². The van der Waals surface area contributed by atoms with Gasteiger partial charge >= 0.3 is 0 Å². The Labute approximate surface area is 284 Å². The number of amides is 1. The number of phosphoric ester groups is 1. The van der Waals surface area contributed by atoms with Crippen LogP contribution in [0.2, 0.25) is 0 Å². The zero-order chi connectivity index (χ0) is 34.4. The number of allylic oxidation sites excluding steroid dienone is 2. The molecule has 8 nitrogen and oxygen atoms in total. The van der Waals surface area contributed by atoms with Gasteiger partial charge in [0.25, 0.3) is 7.82 Å². The fourth-order valence-electron chi connectivity index (χ4n) is 5.38. The molecule has 0 radical (unpaired) electrons. The molecular weight excluding hydrogens is 599 g/mol. The fraction of sp³-hybridized carbons (Fsp3) is 0.919. The first kappa shape index (κ1) is 45.2. The monoisotopic (exact) mass is 675 g/mol. The summed E-state index contributed by atoms with van der Waals surface area (Å²) in [4.78, 5) is 25.0. The number of phosphoric acid groups is 1. The molecule has 46 heavy (non-hydrogen) atoms. The number of unbranched alkanes of at least 4 members (excludes halogenated alkanes) is 19. The Balaban J connectivity index is 4.17. The highest BCUT2D eigenvalue weighted by Crippen LogP contribution is 2.38. The van der Waals surface area contributed by atoms with Crippen molar-refractivity contribution in [1.29, 1.82) is 0 Å². The van der Waals surface area contributed by atoms with Crippen molar-refractivity contribution in [3.63, 3.8) is 0 Å². The van der Waals surface area contributed by atoms with E-state index in [1.165, 1.54) is 89.9 Å². The highest BCUT2D eigenvalue weighted by molar-refractivity contribution is 7.45. The first-order chi connectivity index (χ1) is 22.0. The molecule has 1 amide bonds. The summed E-state index contributed by atoms with van der Waals surface area (Å²) in [5.41, 5.74) is 0. The Bertz CT molecular complexity index is 773. The molecule has 3 atom stereocenters. The van der Waals surface area contributed by atoms with Crippen LogP contribution in [0.4, 0.5) is 0 Å². The molecule has 0 heterocycles. The Kier molecular flexibility index (Phi) is 29.8. The van der Waals surface area contributed by atoms with Gasteiger partial charge in [0, 0.05) is 6.42 Å². The van der Waals surface area contributed by atoms with Crippen molar-refractivity contribution in [1.82, 2.24) is 5.32 Å². The van der Waals surface area contributed by atoms with Gasteiger partial charge in [-0.3, -0.25) is 9.36 Å². The lowest BCUT2D eigenvalue weighted by Gasteiger charge is -2.30. The van der Waals surface area contributed by atoms with E-state index in [1.54, 1.807) is 0 Å². The molecule has 0 rings (SSSR count). The molecule has 3 unspecified atom stereocenters. The number of aliphatic hydroxyl groups is 1. The van der Waals surface area contributed by atoms with Crippen LogP contribution in [0, 0.1) is 0 Å². The number of hydrogen-bond donors (Lipinski definition) is 2. The number of carbonyl (C=O) groups excluding carboxylic acids is 1. The van der Waals surface area contributed by atoms with E-state index in [1.807, 2.05) is 21.1 Å². The lowest BCUT2D eigenvalue weighted by Crippen LogP contribution is -2.46. The van der Waals surface area contributed by atoms with E-state index in [-0.39, 0.29) is 19.1 Å². The van der Waals surface area contributed by atoms with Crippen LogP contribution in [-0.2, 0) is 18.4 Å². The van der Waals surface area contributed by atoms with Crippen molar-refractivity contribution < 1.29 is 32.9 Å². The van der Waals surface area contributed by atoms with E-state index in [4.69, 9.17) is 9.05 Å². The van der Waals surface area contributed by atoms with Crippen molar-refractivity contribution >= 4 is 13.7 Å². The van der Waals surface area contributed by atoms with Gasteiger partial charge in [0.1, 0.15) is 13.2 Å². The third-order valence-electron chi connectivity index (χ3n) is 8.50. The van der Waals surface area contributed by atoms with Crippen LogP contribution in [-0.4, -0.2) is 68.5 Å². The predicted molar refractivity (Wildman–Crippen MR) is 192 cm³/mol. The summed E-state index contributed by atoms with van der Waals surface area (Å²) >= 11 is 0. The lowest BCUT2D eigenvalue weighted by molar-refractivity contribution is -0.870. The summed E-state index contributed by atoms with van der Waals surface area (Å²) in [5.74, 6) is -0.175. The molecule has 274 valence electrons. The van der Waals surface area contributed by atoms with E-state index in [0.29, 0.717) is 23.9 Å². The van der Waals surface area contributed by atoms with Crippen molar-refractivity contribution in [3.05, 3.63) is 12.2 Å². The minimum Gasteiger partial charge on any atom is -0.756 e. The van der Waals surface area contributed by atoms with Crippen LogP contribution in [0.25, 0.3) is 0 Å². The first-order valence-electron chi connectivity index (χ1n) is 19.0. The Hall–Kier alpha value is -0.760. The standard InChI is InChI=1S/C37H75N2O6P/c1-6-8-10-12-13-14-15-16-17-18-19-20-21-22-23-24-25-27-29-31-37(41)38-35(36(40)30-28-26-11-9-7-2)34-45-46(42,43)44-33-32-39(3,4)5/h16-17,35-36,40H,6-15,18-34H2,1-5H3,(H-,38,41,42,43)/b17-16-. The number of nitrogens with zero attached hydrogens (tertiary/aromatic N) is 1. The van der Waals surface area contributed by atoms with Gasteiger partial charge in [-0.25, -0.2) is 0 Å². The van der Waals surface area contributed by atoms with Crippen LogP contribution in [0.15, 0.2) is 12.2 Å². The van der Waals surface area contributed by atoms with Gasteiger partial charge in [0.2, 0.25) is 5.91 Å². The van der Waals surface area contributed by atoms with E-state index in [2.05, 4.69) is 31.3 Å². The highest BCUT2D eigenvalue weighted by Gasteiger charge is 2.24. The van der Waals surface area contributed by atoms with E-state index in [9.17, 15) is 19.4 Å². The Morgan fingerprint density at radius 2 is 1.20 bits per heavy atom. The van der Waals surface area contributed by atoms with Crippen LogP contribution in [0.1, 0.15) is 168 Å². The molecule has 0 aliphatic carbocycles. The van der Waals surface area contributed by atoms with E-state index < -0.39 is 20.0 Å². The number of quaternary nitrogens is 1. The number of likely N-dealkylation sites (N-methyl/N-ethyl adjacent to an activating group) is 1. The summed E-state index contributed by atoms with van der Waals surface area (Å²) in [7, 11) is 1.30. The normalized spacial score (nSPS) is 14.8. The zero-order valence-corrected chi connectivity index (χ0v) is 31.7. The van der Waals surface area contributed by atoms with Crippen LogP contribution >= 0.6 is 7.82 Å². The molecule has 0 bridgehead atoms. The third kappa shape index (κ3) is 31.8. The molecule has 0 aliphatic heterocycles. The second-order valence-electron chi connectivity index (χ2n) is 14.3. The number of rotatable bonds is 34. The van der Waals surface area contributed by atoms with Gasteiger partial charge < -0.3 is 28.8 Å². The lowest BCUT2D eigenvalue weighted by atomic mass is 10.0. The predicted octanol–water partition coefficient (Wildman–Crippen LogP) is 9.00. The molecule has 9 heteroatoms.